The monoisotopic (exact) mass is 262 g/mol. The first-order chi connectivity index (χ1) is 8.88. The van der Waals surface area contributed by atoms with E-state index in [1.54, 1.807) is 0 Å². The molecule has 1 aromatic carbocycles. The van der Waals surface area contributed by atoms with Crippen LogP contribution in [0.5, 0.6) is 0 Å². The summed E-state index contributed by atoms with van der Waals surface area (Å²) in [5, 5.41) is 17.3. The molecule has 3 heteroatoms. The minimum absolute atomic E-state index is 0.176. The number of hydrogen-bond donors (Lipinski definition) is 2. The molecule has 0 aromatic heterocycles. The van der Waals surface area contributed by atoms with Gasteiger partial charge in [-0.1, -0.05) is 50.4 Å². The molecular weight excluding hydrogens is 240 g/mol. The zero-order valence-corrected chi connectivity index (χ0v) is 11.6. The predicted octanol–water partition coefficient (Wildman–Crippen LogP) is 3.51. The summed E-state index contributed by atoms with van der Waals surface area (Å²) in [6, 6.07) is 9.99. The molecule has 1 rings (SSSR count). The van der Waals surface area contributed by atoms with Crippen molar-refractivity contribution in [3.8, 4) is 0 Å². The van der Waals surface area contributed by atoms with E-state index in [2.05, 4.69) is 13.2 Å². The Morgan fingerprint density at radius 1 is 1.26 bits per heavy atom. The Balaban J connectivity index is 0.000000459. The summed E-state index contributed by atoms with van der Waals surface area (Å²) in [4.78, 5) is 9.60. The van der Waals surface area contributed by atoms with Gasteiger partial charge in [-0.25, -0.2) is 4.79 Å². The molecule has 0 aliphatic rings. The van der Waals surface area contributed by atoms with Crippen molar-refractivity contribution in [1.29, 1.82) is 0 Å². The summed E-state index contributed by atoms with van der Waals surface area (Å²) < 4.78 is 0. The highest BCUT2D eigenvalue weighted by Crippen LogP contribution is 2.18. The van der Waals surface area contributed by atoms with Crippen LogP contribution in [0.25, 0.3) is 5.57 Å². The van der Waals surface area contributed by atoms with Gasteiger partial charge in [0.1, 0.15) is 0 Å². The van der Waals surface area contributed by atoms with Gasteiger partial charge in [-0.3, -0.25) is 0 Å². The Labute approximate surface area is 114 Å². The molecule has 1 aromatic rings. The lowest BCUT2D eigenvalue weighted by molar-refractivity contribution is -0.132. The fourth-order valence-electron chi connectivity index (χ4n) is 1.22. The van der Waals surface area contributed by atoms with E-state index < -0.39 is 5.97 Å². The Bertz CT molecular complexity index is 409. The van der Waals surface area contributed by atoms with Crippen molar-refractivity contribution in [3.63, 3.8) is 0 Å². The maximum Gasteiger partial charge on any atom is 0.330 e. The molecule has 1 unspecified atom stereocenters. The van der Waals surface area contributed by atoms with Crippen molar-refractivity contribution in [1.82, 2.24) is 0 Å². The molecule has 0 radical (unpaired) electrons. The van der Waals surface area contributed by atoms with Crippen LogP contribution in [0.3, 0.4) is 0 Å². The lowest BCUT2D eigenvalue weighted by atomic mass is 10.0. The van der Waals surface area contributed by atoms with Gasteiger partial charge in [0.15, 0.2) is 0 Å². The summed E-state index contributed by atoms with van der Waals surface area (Å²) in [6.45, 7) is 10.5. The van der Waals surface area contributed by atoms with Gasteiger partial charge < -0.3 is 10.2 Å². The molecule has 0 bridgehead atoms. The van der Waals surface area contributed by atoms with Gasteiger partial charge in [0.25, 0.3) is 0 Å². The van der Waals surface area contributed by atoms with Crippen LogP contribution in [0.4, 0.5) is 0 Å². The molecule has 0 fully saturated rings. The Morgan fingerprint density at radius 3 is 2.11 bits per heavy atom. The maximum atomic E-state index is 9.60. The molecule has 104 valence electrons. The number of aliphatic carboxylic acids is 1. The summed E-state index contributed by atoms with van der Waals surface area (Å²) in [7, 11) is 0. The highest BCUT2D eigenvalue weighted by molar-refractivity contribution is 5.84. The molecule has 0 heterocycles. The van der Waals surface area contributed by atoms with Crippen molar-refractivity contribution in [2.45, 2.75) is 32.8 Å². The van der Waals surface area contributed by atoms with Crippen LogP contribution < -0.4 is 0 Å². The van der Waals surface area contributed by atoms with Gasteiger partial charge in [0.2, 0.25) is 0 Å². The third-order valence-corrected chi connectivity index (χ3v) is 2.50. The van der Waals surface area contributed by atoms with Crippen LogP contribution in [0.1, 0.15) is 32.3 Å². The molecule has 2 N–H and O–H groups in total. The second kappa shape index (κ2) is 9.11. The van der Waals surface area contributed by atoms with Gasteiger partial charge in [0, 0.05) is 5.57 Å². The van der Waals surface area contributed by atoms with E-state index in [1.165, 1.54) is 6.92 Å². The smallest absolute Gasteiger partial charge is 0.330 e. The molecular formula is C16H22O3. The maximum absolute atomic E-state index is 9.60. The summed E-state index contributed by atoms with van der Waals surface area (Å²) in [6.07, 6.45) is 1.19. The summed E-state index contributed by atoms with van der Waals surface area (Å²) >= 11 is 0. The van der Waals surface area contributed by atoms with Gasteiger partial charge in [-0.2, -0.15) is 0 Å². The zero-order chi connectivity index (χ0) is 14.8. The number of rotatable bonds is 5. The van der Waals surface area contributed by atoms with E-state index in [-0.39, 0.29) is 11.7 Å². The molecule has 0 spiro atoms. The minimum Gasteiger partial charge on any atom is -0.478 e. The van der Waals surface area contributed by atoms with Crippen LogP contribution in [0.15, 0.2) is 49.1 Å². The molecule has 0 aliphatic heterocycles. The first-order valence-electron chi connectivity index (χ1n) is 6.18. The fraction of sp³-hybridized carbons (Fsp3) is 0.312. The molecule has 1 atom stereocenters. The van der Waals surface area contributed by atoms with Crippen molar-refractivity contribution in [3.05, 3.63) is 54.6 Å². The lowest BCUT2D eigenvalue weighted by Crippen LogP contribution is -2.04. The minimum atomic E-state index is -0.935. The standard InChI is InChI=1S/C12H16O.C4H6O2/c1-3-12(13)9-10(2)11-7-5-4-6-8-11;1-3(2)4(5)6/h4-8,12-13H,2-3,9H2,1H3;1H2,2H3,(H,5,6). The van der Waals surface area contributed by atoms with E-state index in [0.29, 0.717) is 6.42 Å². The van der Waals surface area contributed by atoms with E-state index in [9.17, 15) is 9.90 Å². The van der Waals surface area contributed by atoms with Gasteiger partial charge in [-0.15, -0.1) is 0 Å². The van der Waals surface area contributed by atoms with E-state index in [1.807, 2.05) is 37.3 Å². The summed E-state index contributed by atoms with van der Waals surface area (Å²) in [5.41, 5.74) is 2.31. The number of aliphatic hydroxyl groups is 1. The fourth-order valence-corrected chi connectivity index (χ4v) is 1.22. The second-order valence-electron chi connectivity index (χ2n) is 4.32. The van der Waals surface area contributed by atoms with Crippen LogP contribution in [-0.4, -0.2) is 22.3 Å². The zero-order valence-electron chi connectivity index (χ0n) is 11.6. The van der Waals surface area contributed by atoms with Crippen molar-refractivity contribution in [2.24, 2.45) is 0 Å². The van der Waals surface area contributed by atoms with E-state index >= 15 is 0 Å². The van der Waals surface area contributed by atoms with Gasteiger partial charge >= 0.3 is 5.97 Å². The molecule has 0 amide bonds. The number of carboxylic acids is 1. The summed E-state index contributed by atoms with van der Waals surface area (Å²) in [5.74, 6) is -0.935. The first-order valence-corrected chi connectivity index (χ1v) is 6.18. The number of aliphatic hydroxyl groups excluding tert-OH is 1. The molecule has 0 saturated heterocycles. The third-order valence-electron chi connectivity index (χ3n) is 2.50. The van der Waals surface area contributed by atoms with Crippen LogP contribution in [0, 0.1) is 0 Å². The van der Waals surface area contributed by atoms with Crippen molar-refractivity contribution >= 4 is 11.5 Å². The number of hydrogen-bond acceptors (Lipinski definition) is 2. The topological polar surface area (TPSA) is 57.5 Å². The Kier molecular flexibility index (Phi) is 8.22. The third kappa shape index (κ3) is 7.95. The Morgan fingerprint density at radius 2 is 1.74 bits per heavy atom. The normalized spacial score (nSPS) is 10.9. The van der Waals surface area contributed by atoms with Gasteiger partial charge in [-0.05, 0) is 30.9 Å². The SMILES string of the molecule is C=C(C)C(=O)O.C=C(CC(O)CC)c1ccccc1. The van der Waals surface area contributed by atoms with Crippen LogP contribution in [-0.2, 0) is 4.79 Å². The van der Waals surface area contributed by atoms with Crippen molar-refractivity contribution in [2.75, 3.05) is 0 Å². The Hall–Kier alpha value is -1.87. The number of benzene rings is 1. The van der Waals surface area contributed by atoms with Crippen molar-refractivity contribution < 1.29 is 15.0 Å². The van der Waals surface area contributed by atoms with Crippen LogP contribution in [0.2, 0.25) is 0 Å². The van der Waals surface area contributed by atoms with Crippen LogP contribution >= 0.6 is 0 Å². The first kappa shape index (κ1) is 17.1. The molecule has 3 nitrogen and oxygen atoms in total. The average Bonchev–Trinajstić information content (AvgIpc) is 2.40. The van der Waals surface area contributed by atoms with E-state index in [0.717, 1.165) is 17.6 Å². The number of carbonyl (C=O) groups is 1. The quantitative estimate of drug-likeness (QED) is 0.798. The van der Waals surface area contributed by atoms with E-state index in [4.69, 9.17) is 5.11 Å². The molecule has 0 aliphatic carbocycles. The average molecular weight is 262 g/mol. The second-order valence-corrected chi connectivity index (χ2v) is 4.32. The predicted molar refractivity (Wildman–Crippen MR) is 78.8 cm³/mol. The highest BCUT2D eigenvalue weighted by atomic mass is 16.4. The largest absolute Gasteiger partial charge is 0.478 e. The molecule has 0 saturated carbocycles. The lowest BCUT2D eigenvalue weighted by Gasteiger charge is -2.09. The van der Waals surface area contributed by atoms with Gasteiger partial charge in [0.05, 0.1) is 6.10 Å². The molecule has 19 heavy (non-hydrogen) atoms. The number of carboxylic acid groups (broad SMARTS) is 1. The highest BCUT2D eigenvalue weighted by Gasteiger charge is 2.04.